The Hall–Kier alpha value is -1.82. The van der Waals surface area contributed by atoms with Crippen molar-refractivity contribution in [3.05, 3.63) is 18.2 Å². The van der Waals surface area contributed by atoms with Crippen molar-refractivity contribution < 1.29 is 9.47 Å². The Balaban J connectivity index is 2.58. The molecule has 0 aromatic heterocycles. The van der Waals surface area contributed by atoms with E-state index in [4.69, 9.17) is 15.9 Å². The molecule has 0 heterocycles. The number of hydrogen-bond acceptors (Lipinski definition) is 3. The monoisotopic (exact) mass is 219 g/mol. The summed E-state index contributed by atoms with van der Waals surface area (Å²) in [6.45, 7) is 0.861. The first kappa shape index (κ1) is 12.3. The van der Waals surface area contributed by atoms with E-state index < -0.39 is 0 Å². The third-order valence-corrected chi connectivity index (χ3v) is 2.21. The summed E-state index contributed by atoms with van der Waals surface area (Å²) in [7, 11) is 3.25. The number of anilines is 1. The summed E-state index contributed by atoms with van der Waals surface area (Å²) in [6, 6.07) is 5.74. The minimum atomic E-state index is 0.726. The lowest BCUT2D eigenvalue weighted by molar-refractivity contribution is 0.355. The fourth-order valence-electron chi connectivity index (χ4n) is 1.37. The first-order valence-electron chi connectivity index (χ1n) is 5.21. The number of nitrogens with one attached hydrogen (secondary N) is 1. The van der Waals surface area contributed by atoms with Crippen molar-refractivity contribution in [2.75, 3.05) is 26.1 Å². The van der Waals surface area contributed by atoms with Gasteiger partial charge in [0.15, 0.2) is 11.5 Å². The van der Waals surface area contributed by atoms with E-state index >= 15 is 0 Å². The lowest BCUT2D eigenvalue weighted by Gasteiger charge is -2.10. The normalized spacial score (nSPS) is 9.31. The molecule has 1 aromatic rings. The lowest BCUT2D eigenvalue weighted by Crippen LogP contribution is -2.01. The van der Waals surface area contributed by atoms with Crippen molar-refractivity contribution in [1.29, 1.82) is 0 Å². The minimum absolute atomic E-state index is 0.726. The highest BCUT2D eigenvalue weighted by Gasteiger charge is 2.03. The van der Waals surface area contributed by atoms with Crippen molar-refractivity contribution in [3.63, 3.8) is 0 Å². The van der Waals surface area contributed by atoms with E-state index in [1.54, 1.807) is 14.2 Å². The van der Waals surface area contributed by atoms with Gasteiger partial charge in [-0.15, -0.1) is 12.3 Å². The molecule has 0 radical (unpaired) electrons. The second-order valence-corrected chi connectivity index (χ2v) is 3.30. The molecule has 0 atom stereocenters. The zero-order chi connectivity index (χ0) is 11.8. The van der Waals surface area contributed by atoms with E-state index in [1.165, 1.54) is 0 Å². The van der Waals surface area contributed by atoms with Gasteiger partial charge in [-0.2, -0.15) is 0 Å². The molecule has 16 heavy (non-hydrogen) atoms. The number of unbranched alkanes of at least 4 members (excludes halogenated alkanes) is 1. The van der Waals surface area contributed by atoms with Crippen LogP contribution in [0, 0.1) is 12.3 Å². The van der Waals surface area contributed by atoms with Gasteiger partial charge in [-0.1, -0.05) is 0 Å². The van der Waals surface area contributed by atoms with E-state index in [0.29, 0.717) is 0 Å². The maximum Gasteiger partial charge on any atom is 0.162 e. The average Bonchev–Trinajstić information content (AvgIpc) is 2.34. The van der Waals surface area contributed by atoms with Crippen LogP contribution in [0.5, 0.6) is 11.5 Å². The fraction of sp³-hybridized carbons (Fsp3) is 0.385. The summed E-state index contributed by atoms with van der Waals surface area (Å²) < 4.78 is 10.4. The van der Waals surface area contributed by atoms with Crippen molar-refractivity contribution in [1.82, 2.24) is 0 Å². The smallest absolute Gasteiger partial charge is 0.162 e. The number of rotatable bonds is 6. The second-order valence-electron chi connectivity index (χ2n) is 3.30. The van der Waals surface area contributed by atoms with Gasteiger partial charge >= 0.3 is 0 Å². The fourth-order valence-corrected chi connectivity index (χ4v) is 1.37. The Morgan fingerprint density at radius 1 is 1.25 bits per heavy atom. The molecule has 0 bridgehead atoms. The van der Waals surface area contributed by atoms with Crippen LogP contribution in [0.25, 0.3) is 0 Å². The highest BCUT2D eigenvalue weighted by molar-refractivity contribution is 5.54. The molecule has 0 unspecified atom stereocenters. The summed E-state index contributed by atoms with van der Waals surface area (Å²) in [5, 5.41) is 3.27. The van der Waals surface area contributed by atoms with Crippen molar-refractivity contribution in [3.8, 4) is 23.8 Å². The number of hydrogen-bond donors (Lipinski definition) is 1. The molecule has 0 aliphatic heterocycles. The van der Waals surface area contributed by atoms with Crippen LogP contribution in [0.2, 0.25) is 0 Å². The van der Waals surface area contributed by atoms with Gasteiger partial charge in [0.2, 0.25) is 0 Å². The summed E-state index contributed by atoms with van der Waals surface area (Å²) in [5.41, 5.74) is 1.01. The molecule has 3 nitrogen and oxygen atoms in total. The Morgan fingerprint density at radius 3 is 2.62 bits per heavy atom. The maximum atomic E-state index is 5.21. The summed E-state index contributed by atoms with van der Waals surface area (Å²) in [5.74, 6) is 4.07. The van der Waals surface area contributed by atoms with Gasteiger partial charge in [-0.25, -0.2) is 0 Å². The Labute approximate surface area is 96.8 Å². The van der Waals surface area contributed by atoms with Crippen LogP contribution in [-0.4, -0.2) is 20.8 Å². The number of benzene rings is 1. The molecule has 0 saturated carbocycles. The van der Waals surface area contributed by atoms with Crippen LogP contribution >= 0.6 is 0 Å². The Morgan fingerprint density at radius 2 is 2.00 bits per heavy atom. The molecule has 0 spiro atoms. The van der Waals surface area contributed by atoms with Crippen LogP contribution in [0.3, 0.4) is 0 Å². The quantitative estimate of drug-likeness (QED) is 0.589. The number of ether oxygens (including phenoxy) is 2. The molecule has 1 N–H and O–H groups in total. The average molecular weight is 219 g/mol. The van der Waals surface area contributed by atoms with Crippen molar-refractivity contribution in [2.24, 2.45) is 0 Å². The molecule has 0 amide bonds. The van der Waals surface area contributed by atoms with E-state index in [9.17, 15) is 0 Å². The van der Waals surface area contributed by atoms with E-state index in [1.807, 2.05) is 18.2 Å². The van der Waals surface area contributed by atoms with Gasteiger partial charge in [0.05, 0.1) is 14.2 Å². The van der Waals surface area contributed by atoms with E-state index in [2.05, 4.69) is 11.2 Å². The molecule has 0 saturated heterocycles. The predicted molar refractivity (Wildman–Crippen MR) is 66.1 cm³/mol. The molecule has 1 aromatic carbocycles. The predicted octanol–water partition coefficient (Wildman–Crippen LogP) is 2.53. The molecular weight excluding hydrogens is 202 g/mol. The Bertz CT molecular complexity index is 369. The zero-order valence-electron chi connectivity index (χ0n) is 9.75. The van der Waals surface area contributed by atoms with E-state index in [-0.39, 0.29) is 0 Å². The van der Waals surface area contributed by atoms with Gasteiger partial charge in [0.1, 0.15) is 0 Å². The van der Waals surface area contributed by atoms with Crippen molar-refractivity contribution >= 4 is 5.69 Å². The summed E-state index contributed by atoms with van der Waals surface area (Å²) in [6.07, 6.45) is 6.93. The standard InChI is InChI=1S/C13H17NO2/c1-4-5-6-9-14-11-7-8-12(15-2)13(10-11)16-3/h1,7-8,10,14H,5-6,9H2,2-3H3. The minimum Gasteiger partial charge on any atom is -0.493 e. The van der Waals surface area contributed by atoms with Gasteiger partial charge in [0, 0.05) is 24.7 Å². The van der Waals surface area contributed by atoms with Crippen LogP contribution in [-0.2, 0) is 0 Å². The molecular formula is C13H17NO2. The number of terminal acetylenes is 1. The molecule has 0 aliphatic rings. The molecule has 0 fully saturated rings. The maximum absolute atomic E-state index is 5.21. The largest absolute Gasteiger partial charge is 0.493 e. The van der Waals surface area contributed by atoms with Gasteiger partial charge in [-0.3, -0.25) is 0 Å². The summed E-state index contributed by atoms with van der Waals surface area (Å²) >= 11 is 0. The third kappa shape index (κ3) is 3.39. The van der Waals surface area contributed by atoms with Gasteiger partial charge < -0.3 is 14.8 Å². The molecule has 1 rings (SSSR count). The highest BCUT2D eigenvalue weighted by atomic mass is 16.5. The van der Waals surface area contributed by atoms with E-state index in [0.717, 1.165) is 36.6 Å². The van der Waals surface area contributed by atoms with Crippen LogP contribution in [0.4, 0.5) is 5.69 Å². The molecule has 86 valence electrons. The highest BCUT2D eigenvalue weighted by Crippen LogP contribution is 2.29. The summed E-state index contributed by atoms with van der Waals surface area (Å²) in [4.78, 5) is 0. The third-order valence-electron chi connectivity index (χ3n) is 2.21. The van der Waals surface area contributed by atoms with Crippen LogP contribution in [0.1, 0.15) is 12.8 Å². The second kappa shape index (κ2) is 6.62. The van der Waals surface area contributed by atoms with Gasteiger partial charge in [-0.05, 0) is 18.6 Å². The zero-order valence-corrected chi connectivity index (χ0v) is 9.75. The Kier molecular flexibility index (Phi) is 5.07. The molecule has 3 heteroatoms. The SMILES string of the molecule is C#CCCCNc1ccc(OC)c(OC)c1. The lowest BCUT2D eigenvalue weighted by atomic mass is 10.2. The first-order chi connectivity index (χ1) is 7.81. The molecule has 0 aliphatic carbocycles. The topological polar surface area (TPSA) is 30.5 Å². The first-order valence-corrected chi connectivity index (χ1v) is 5.21. The number of methoxy groups -OCH3 is 2. The van der Waals surface area contributed by atoms with Crippen molar-refractivity contribution in [2.45, 2.75) is 12.8 Å². The van der Waals surface area contributed by atoms with Gasteiger partial charge in [0.25, 0.3) is 0 Å². The van der Waals surface area contributed by atoms with Crippen LogP contribution in [0.15, 0.2) is 18.2 Å². The van der Waals surface area contributed by atoms with Crippen LogP contribution < -0.4 is 14.8 Å².